The minimum atomic E-state index is -1.45. The normalized spacial score (nSPS) is 25.3. The van der Waals surface area contributed by atoms with Crippen LogP contribution in [0.5, 0.6) is 5.75 Å². The summed E-state index contributed by atoms with van der Waals surface area (Å²) in [5.74, 6) is 0.0977. The second-order valence-electron chi connectivity index (χ2n) is 8.52. The van der Waals surface area contributed by atoms with Gasteiger partial charge in [0.05, 0.1) is 5.60 Å². The summed E-state index contributed by atoms with van der Waals surface area (Å²) in [6.45, 7) is 4.74. The first-order valence-electron chi connectivity index (χ1n) is 10.4. The molecule has 31 heavy (non-hydrogen) atoms. The van der Waals surface area contributed by atoms with Gasteiger partial charge in [-0.3, -0.25) is 0 Å². The van der Waals surface area contributed by atoms with Gasteiger partial charge in [-0.05, 0) is 74.6 Å². The van der Waals surface area contributed by atoms with E-state index in [2.05, 4.69) is 0 Å². The fourth-order valence-corrected chi connectivity index (χ4v) is 3.73. The average molecular weight is 432 g/mol. The number of halogens is 1. The second kappa shape index (κ2) is 9.44. The number of ether oxygens (including phenoxy) is 2. The van der Waals surface area contributed by atoms with Crippen LogP contribution in [-0.4, -0.2) is 51.3 Å². The summed E-state index contributed by atoms with van der Waals surface area (Å²) in [7, 11) is 0. The minimum Gasteiger partial charge on any atom is -0.462 e. The van der Waals surface area contributed by atoms with Gasteiger partial charge in [0, 0.05) is 6.42 Å². The number of benzene rings is 2. The molecule has 1 saturated heterocycles. The van der Waals surface area contributed by atoms with E-state index in [0.29, 0.717) is 30.6 Å². The van der Waals surface area contributed by atoms with Crippen LogP contribution in [0.3, 0.4) is 0 Å². The molecule has 2 aromatic rings. The van der Waals surface area contributed by atoms with Crippen molar-refractivity contribution in [2.45, 2.75) is 70.2 Å². The Morgan fingerprint density at radius 3 is 2.55 bits per heavy atom. The predicted octanol–water partition coefficient (Wildman–Crippen LogP) is 3.00. The monoisotopic (exact) mass is 432 g/mol. The van der Waals surface area contributed by atoms with Crippen LogP contribution in [-0.2, 0) is 16.0 Å². The van der Waals surface area contributed by atoms with E-state index in [9.17, 15) is 24.5 Å². The number of hydrogen-bond acceptors (Lipinski definition) is 6. The summed E-state index contributed by atoms with van der Waals surface area (Å²) in [4.78, 5) is 11.3. The lowest BCUT2D eigenvalue weighted by atomic mass is 9.90. The molecular weight excluding hydrogens is 403 g/mol. The molecule has 0 unspecified atom stereocenters. The molecule has 3 rings (SSSR count). The number of aliphatic hydroxyl groups is 3. The van der Waals surface area contributed by atoms with Gasteiger partial charge < -0.3 is 29.6 Å². The lowest BCUT2D eigenvalue weighted by molar-refractivity contribution is -0.301. The topological polar surface area (TPSA) is 96.2 Å². The van der Waals surface area contributed by atoms with Crippen LogP contribution in [0.4, 0.5) is 4.39 Å². The highest BCUT2D eigenvalue weighted by Crippen LogP contribution is 2.34. The zero-order valence-electron chi connectivity index (χ0n) is 17.9. The Kier molecular flexibility index (Phi) is 7.11. The van der Waals surface area contributed by atoms with Gasteiger partial charge >= 0.3 is 0 Å². The number of aryl methyl sites for hydroxylation is 1. The van der Waals surface area contributed by atoms with Gasteiger partial charge in [0.1, 0.15) is 35.7 Å². The van der Waals surface area contributed by atoms with Gasteiger partial charge in [-0.1, -0.05) is 18.2 Å². The van der Waals surface area contributed by atoms with Crippen LogP contribution in [0.25, 0.3) is 11.1 Å². The molecule has 0 amide bonds. The van der Waals surface area contributed by atoms with Gasteiger partial charge in [0.15, 0.2) is 0 Å². The first-order chi connectivity index (χ1) is 14.6. The van der Waals surface area contributed by atoms with Crippen molar-refractivity contribution in [2.75, 3.05) is 0 Å². The fraction of sp³-hybridized carbons (Fsp3) is 0.458. The third kappa shape index (κ3) is 5.49. The molecule has 0 aliphatic carbocycles. The maximum absolute atomic E-state index is 13.9. The molecule has 1 heterocycles. The highest BCUT2D eigenvalue weighted by atomic mass is 19.1. The molecule has 0 bridgehead atoms. The molecule has 0 radical (unpaired) electrons. The Morgan fingerprint density at radius 2 is 1.87 bits per heavy atom. The summed E-state index contributed by atoms with van der Waals surface area (Å²) in [5, 5.41) is 30.5. The van der Waals surface area contributed by atoms with E-state index in [4.69, 9.17) is 9.47 Å². The lowest BCUT2D eigenvalue weighted by Gasteiger charge is -2.44. The third-order valence-corrected chi connectivity index (χ3v) is 5.53. The zero-order chi connectivity index (χ0) is 22.8. The van der Waals surface area contributed by atoms with Gasteiger partial charge in [0.25, 0.3) is 0 Å². The van der Waals surface area contributed by atoms with Crippen LogP contribution < -0.4 is 4.74 Å². The highest BCUT2D eigenvalue weighted by Gasteiger charge is 2.49. The van der Waals surface area contributed by atoms with E-state index in [1.807, 2.05) is 6.07 Å². The van der Waals surface area contributed by atoms with E-state index in [1.54, 1.807) is 45.0 Å². The summed E-state index contributed by atoms with van der Waals surface area (Å²) in [6, 6.07) is 11.4. The standard InChI is InChI=1S/C24H29FO6/c1-14(26)6-4-7-15-10-11-18(13-19(15)16-8-5-9-17(25)12-16)30-23-21(28)20(27)22(29)24(2,3)31-23/h5,8-13,20-23,27-29H,4,6-7H2,1-3H3/t20-,21+,22+,23+/m0/s1. The second-order valence-corrected chi connectivity index (χ2v) is 8.52. The first kappa shape index (κ1) is 23.3. The zero-order valence-corrected chi connectivity index (χ0v) is 17.9. The number of ketones is 1. The van der Waals surface area contributed by atoms with Gasteiger partial charge in [0.2, 0.25) is 6.29 Å². The fourth-order valence-electron chi connectivity index (χ4n) is 3.73. The number of carbonyl (C=O) groups is 1. The molecule has 3 N–H and O–H groups in total. The van der Waals surface area contributed by atoms with E-state index >= 15 is 0 Å². The number of Topliss-reactive ketones (excluding diaryl/α,β-unsaturated/α-hetero) is 1. The molecule has 7 heteroatoms. The van der Waals surface area contributed by atoms with Crippen molar-refractivity contribution in [1.29, 1.82) is 0 Å². The molecule has 0 spiro atoms. The Balaban J connectivity index is 1.89. The van der Waals surface area contributed by atoms with E-state index in [1.165, 1.54) is 12.1 Å². The van der Waals surface area contributed by atoms with E-state index in [-0.39, 0.29) is 11.6 Å². The number of aliphatic hydroxyl groups excluding tert-OH is 3. The highest BCUT2D eigenvalue weighted by molar-refractivity contribution is 5.75. The minimum absolute atomic E-state index is 0.110. The summed E-state index contributed by atoms with van der Waals surface area (Å²) >= 11 is 0. The quantitative estimate of drug-likeness (QED) is 0.623. The van der Waals surface area contributed by atoms with Crippen molar-refractivity contribution in [1.82, 2.24) is 0 Å². The SMILES string of the molecule is CC(=O)CCCc1ccc(O[C@@H]2OC(C)(C)[C@H](O)[C@@H](O)[C@H]2O)cc1-c1cccc(F)c1. The van der Waals surface area contributed by atoms with Crippen LogP contribution in [0, 0.1) is 5.82 Å². The van der Waals surface area contributed by atoms with Crippen LogP contribution in [0.2, 0.25) is 0 Å². The molecule has 4 atom stereocenters. The largest absolute Gasteiger partial charge is 0.462 e. The maximum atomic E-state index is 13.9. The molecule has 1 aliphatic rings. The Bertz CT molecular complexity index is 928. The predicted molar refractivity (Wildman–Crippen MR) is 113 cm³/mol. The number of carbonyl (C=O) groups excluding carboxylic acids is 1. The Hall–Kier alpha value is -2.32. The smallest absolute Gasteiger partial charge is 0.229 e. The molecule has 6 nitrogen and oxygen atoms in total. The molecule has 1 fully saturated rings. The number of rotatable bonds is 7. The van der Waals surface area contributed by atoms with Gasteiger partial charge in [-0.15, -0.1) is 0 Å². The van der Waals surface area contributed by atoms with E-state index in [0.717, 1.165) is 11.1 Å². The van der Waals surface area contributed by atoms with Crippen LogP contribution >= 0.6 is 0 Å². The molecule has 168 valence electrons. The van der Waals surface area contributed by atoms with Gasteiger partial charge in [-0.2, -0.15) is 0 Å². The molecule has 2 aromatic carbocycles. The molecule has 1 aliphatic heterocycles. The molecule has 0 saturated carbocycles. The van der Waals surface area contributed by atoms with E-state index < -0.39 is 30.2 Å². The maximum Gasteiger partial charge on any atom is 0.229 e. The van der Waals surface area contributed by atoms with Crippen LogP contribution in [0.15, 0.2) is 42.5 Å². The average Bonchev–Trinajstić information content (AvgIpc) is 2.71. The lowest BCUT2D eigenvalue weighted by Crippen LogP contribution is -2.63. The van der Waals surface area contributed by atoms with Crippen molar-refractivity contribution in [3.05, 3.63) is 53.8 Å². The van der Waals surface area contributed by atoms with Crippen molar-refractivity contribution in [3.8, 4) is 16.9 Å². The van der Waals surface area contributed by atoms with Crippen molar-refractivity contribution >= 4 is 5.78 Å². The summed E-state index contributed by atoms with van der Waals surface area (Å²) in [6.07, 6.45) is -3.59. The van der Waals surface area contributed by atoms with Gasteiger partial charge in [-0.25, -0.2) is 4.39 Å². The molecular formula is C24H29FO6. The molecule has 0 aromatic heterocycles. The van der Waals surface area contributed by atoms with Crippen molar-refractivity contribution in [3.63, 3.8) is 0 Å². The summed E-state index contributed by atoms with van der Waals surface area (Å²) < 4.78 is 25.4. The third-order valence-electron chi connectivity index (χ3n) is 5.53. The van der Waals surface area contributed by atoms with Crippen molar-refractivity contribution < 1.29 is 34.0 Å². The summed E-state index contributed by atoms with van der Waals surface area (Å²) in [5.41, 5.74) is 1.20. The Morgan fingerprint density at radius 1 is 1.13 bits per heavy atom. The first-order valence-corrected chi connectivity index (χ1v) is 10.4. The van der Waals surface area contributed by atoms with Crippen LogP contribution in [0.1, 0.15) is 39.2 Å². The number of hydrogen-bond donors (Lipinski definition) is 3. The van der Waals surface area contributed by atoms with Crippen molar-refractivity contribution in [2.24, 2.45) is 0 Å². The Labute approximate surface area is 181 Å².